The van der Waals surface area contributed by atoms with Crippen molar-refractivity contribution >= 4 is 11.5 Å². The summed E-state index contributed by atoms with van der Waals surface area (Å²) in [7, 11) is 1.68. The topological polar surface area (TPSA) is 85.0 Å². The first-order chi connectivity index (χ1) is 8.66. The Morgan fingerprint density at radius 2 is 2.56 bits per heavy atom. The van der Waals surface area contributed by atoms with Gasteiger partial charge in [0.2, 0.25) is 5.82 Å². The molecule has 1 atom stereocenters. The second-order valence-electron chi connectivity index (χ2n) is 4.72. The molecule has 2 N–H and O–H groups in total. The zero-order chi connectivity index (χ0) is 13.0. The largest absolute Gasteiger partial charge is 0.363 e. The van der Waals surface area contributed by atoms with Crippen LogP contribution in [0.1, 0.15) is 19.3 Å². The first-order valence-corrected chi connectivity index (χ1v) is 6.29. The first-order valence-electron chi connectivity index (χ1n) is 6.29. The number of nitro groups is 1. The van der Waals surface area contributed by atoms with E-state index in [1.54, 1.807) is 7.05 Å². The molecule has 1 aromatic rings. The van der Waals surface area contributed by atoms with E-state index in [4.69, 9.17) is 0 Å². The average molecular weight is 253 g/mol. The Morgan fingerprint density at radius 3 is 3.22 bits per heavy atom. The quantitative estimate of drug-likeness (QED) is 0.607. The number of nitrogens with one attached hydrogen (secondary N) is 2. The summed E-state index contributed by atoms with van der Waals surface area (Å²) < 4.78 is 1.46. The van der Waals surface area contributed by atoms with Crippen LogP contribution in [-0.2, 0) is 7.05 Å². The minimum Gasteiger partial charge on any atom is -0.363 e. The van der Waals surface area contributed by atoms with Gasteiger partial charge in [-0.2, -0.15) is 0 Å². The normalized spacial score (nSPS) is 19.7. The molecule has 0 aromatic carbocycles. The van der Waals surface area contributed by atoms with Crippen LogP contribution < -0.4 is 10.6 Å². The highest BCUT2D eigenvalue weighted by Gasteiger charge is 2.18. The van der Waals surface area contributed by atoms with Crippen molar-refractivity contribution < 1.29 is 4.92 Å². The zero-order valence-electron chi connectivity index (χ0n) is 10.6. The Balaban J connectivity index is 1.84. The summed E-state index contributed by atoms with van der Waals surface area (Å²) in [5, 5.41) is 21.3. The van der Waals surface area contributed by atoms with Crippen LogP contribution in [0.4, 0.5) is 11.5 Å². The van der Waals surface area contributed by atoms with Gasteiger partial charge in [0.1, 0.15) is 6.20 Å². The predicted octanol–water partition coefficient (Wildman–Crippen LogP) is 1.13. The van der Waals surface area contributed by atoms with Crippen LogP contribution in [0.5, 0.6) is 0 Å². The van der Waals surface area contributed by atoms with Gasteiger partial charge in [-0.15, -0.1) is 5.10 Å². The van der Waals surface area contributed by atoms with E-state index in [1.165, 1.54) is 23.7 Å². The number of aryl methyl sites for hydroxylation is 1. The number of aromatic nitrogens is 2. The van der Waals surface area contributed by atoms with Crippen molar-refractivity contribution in [3.05, 3.63) is 16.3 Å². The highest BCUT2D eigenvalue weighted by Crippen LogP contribution is 2.22. The smallest absolute Gasteiger partial charge is 0.330 e. The lowest BCUT2D eigenvalue weighted by atomic mass is 9.96. The lowest BCUT2D eigenvalue weighted by Gasteiger charge is -2.22. The lowest BCUT2D eigenvalue weighted by Crippen LogP contribution is -2.30. The number of anilines is 1. The van der Waals surface area contributed by atoms with Crippen LogP contribution in [0.25, 0.3) is 0 Å². The Hall–Kier alpha value is -1.63. The number of rotatable bonds is 5. The summed E-state index contributed by atoms with van der Waals surface area (Å²) in [5.74, 6) is 1.03. The molecule has 1 unspecified atom stereocenters. The van der Waals surface area contributed by atoms with Gasteiger partial charge in [0.15, 0.2) is 0 Å². The number of piperidine rings is 1. The number of hydrogen-bond donors (Lipinski definition) is 2. The molecule has 100 valence electrons. The van der Waals surface area contributed by atoms with Crippen molar-refractivity contribution in [1.29, 1.82) is 0 Å². The third-order valence-electron chi connectivity index (χ3n) is 3.25. The van der Waals surface area contributed by atoms with E-state index in [9.17, 15) is 10.1 Å². The fourth-order valence-corrected chi connectivity index (χ4v) is 2.30. The molecule has 1 aliphatic heterocycles. The molecule has 0 spiro atoms. The third-order valence-corrected chi connectivity index (χ3v) is 3.25. The number of hydrogen-bond acceptors (Lipinski definition) is 5. The maximum atomic E-state index is 10.8. The van der Waals surface area contributed by atoms with Crippen LogP contribution in [0.15, 0.2) is 6.20 Å². The fourth-order valence-electron chi connectivity index (χ4n) is 2.30. The van der Waals surface area contributed by atoms with Crippen LogP contribution in [0.2, 0.25) is 0 Å². The molecule has 0 amide bonds. The van der Waals surface area contributed by atoms with Gasteiger partial charge in [0, 0.05) is 13.6 Å². The summed E-state index contributed by atoms with van der Waals surface area (Å²) >= 11 is 0. The van der Waals surface area contributed by atoms with Crippen molar-refractivity contribution in [2.45, 2.75) is 19.3 Å². The van der Waals surface area contributed by atoms with Crippen molar-refractivity contribution in [2.75, 3.05) is 25.0 Å². The molecule has 1 fully saturated rings. The van der Waals surface area contributed by atoms with Crippen molar-refractivity contribution in [3.63, 3.8) is 0 Å². The van der Waals surface area contributed by atoms with Crippen molar-refractivity contribution in [3.8, 4) is 0 Å². The Morgan fingerprint density at radius 1 is 1.72 bits per heavy atom. The summed E-state index contributed by atoms with van der Waals surface area (Å²) in [6.07, 6.45) is 4.89. The molecule has 0 saturated carbocycles. The summed E-state index contributed by atoms with van der Waals surface area (Å²) in [6.45, 7) is 2.88. The summed E-state index contributed by atoms with van der Waals surface area (Å²) in [5.41, 5.74) is 0.0410. The van der Waals surface area contributed by atoms with Gasteiger partial charge in [0.25, 0.3) is 0 Å². The standard InChI is InChI=1S/C11H19N5O2/c1-15-8-10(16(17)18)11(14-15)13-6-4-9-3-2-5-12-7-9/h8-9,12H,2-7H2,1H3,(H,13,14). The second-order valence-corrected chi connectivity index (χ2v) is 4.72. The highest BCUT2D eigenvalue weighted by atomic mass is 16.6. The Labute approximate surface area is 106 Å². The highest BCUT2D eigenvalue weighted by molar-refractivity contribution is 5.54. The molecule has 0 bridgehead atoms. The maximum Gasteiger partial charge on any atom is 0.330 e. The van der Waals surface area contributed by atoms with Gasteiger partial charge in [-0.3, -0.25) is 14.8 Å². The predicted molar refractivity (Wildman–Crippen MR) is 68.6 cm³/mol. The SMILES string of the molecule is Cn1cc([N+](=O)[O-])c(NCCC2CCCNC2)n1. The summed E-state index contributed by atoms with van der Waals surface area (Å²) in [4.78, 5) is 10.4. The molecule has 2 heterocycles. The fraction of sp³-hybridized carbons (Fsp3) is 0.727. The van der Waals surface area contributed by atoms with Crippen LogP contribution in [0.3, 0.4) is 0 Å². The molecular formula is C11H19N5O2. The van der Waals surface area contributed by atoms with Crippen LogP contribution in [-0.4, -0.2) is 34.3 Å². The van der Waals surface area contributed by atoms with Gasteiger partial charge >= 0.3 is 5.69 Å². The third kappa shape index (κ3) is 3.19. The van der Waals surface area contributed by atoms with Crippen molar-refractivity contribution in [2.24, 2.45) is 13.0 Å². The van der Waals surface area contributed by atoms with Crippen LogP contribution >= 0.6 is 0 Å². The van der Waals surface area contributed by atoms with Gasteiger partial charge in [0.05, 0.1) is 4.92 Å². The second kappa shape index (κ2) is 5.81. The summed E-state index contributed by atoms with van der Waals surface area (Å²) in [6, 6.07) is 0. The molecular weight excluding hydrogens is 234 g/mol. The van der Waals surface area contributed by atoms with E-state index in [2.05, 4.69) is 15.7 Å². The van der Waals surface area contributed by atoms with E-state index in [0.29, 0.717) is 11.7 Å². The van der Waals surface area contributed by atoms with Crippen LogP contribution in [0, 0.1) is 16.0 Å². The molecule has 1 aromatic heterocycles. The van der Waals surface area contributed by atoms with Gasteiger partial charge in [-0.1, -0.05) is 0 Å². The molecule has 1 saturated heterocycles. The van der Waals surface area contributed by atoms with Gasteiger partial charge in [-0.05, 0) is 38.3 Å². The van der Waals surface area contributed by atoms with E-state index in [0.717, 1.165) is 26.1 Å². The molecule has 1 aliphatic rings. The van der Waals surface area contributed by atoms with E-state index >= 15 is 0 Å². The average Bonchev–Trinajstić information content (AvgIpc) is 2.72. The monoisotopic (exact) mass is 253 g/mol. The number of nitrogens with zero attached hydrogens (tertiary/aromatic N) is 3. The minimum atomic E-state index is -0.405. The van der Waals surface area contributed by atoms with Gasteiger partial charge < -0.3 is 10.6 Å². The molecule has 2 rings (SSSR count). The van der Waals surface area contributed by atoms with Crippen molar-refractivity contribution in [1.82, 2.24) is 15.1 Å². The molecule has 7 nitrogen and oxygen atoms in total. The Bertz CT molecular complexity index is 412. The zero-order valence-corrected chi connectivity index (χ0v) is 10.6. The van der Waals surface area contributed by atoms with Gasteiger partial charge in [-0.25, -0.2) is 0 Å². The van der Waals surface area contributed by atoms with E-state index in [-0.39, 0.29) is 5.69 Å². The lowest BCUT2D eigenvalue weighted by molar-refractivity contribution is -0.384. The Kier molecular flexibility index (Phi) is 4.14. The van der Waals surface area contributed by atoms with E-state index < -0.39 is 4.92 Å². The molecule has 7 heteroatoms. The molecule has 18 heavy (non-hydrogen) atoms. The molecule has 0 radical (unpaired) electrons. The minimum absolute atomic E-state index is 0.0410. The molecule has 0 aliphatic carbocycles. The maximum absolute atomic E-state index is 10.8. The van der Waals surface area contributed by atoms with E-state index in [1.807, 2.05) is 0 Å². The first kappa shape index (κ1) is 12.8.